The molecular weight excluding hydrogens is 312 g/mol. The van der Waals surface area contributed by atoms with E-state index in [0.717, 1.165) is 16.7 Å². The number of rotatable bonds is 6. The van der Waals surface area contributed by atoms with Crippen molar-refractivity contribution in [2.24, 2.45) is 0 Å². The van der Waals surface area contributed by atoms with Crippen LogP contribution in [0.3, 0.4) is 0 Å². The molecule has 0 N–H and O–H groups in total. The van der Waals surface area contributed by atoms with Gasteiger partial charge in [-0.25, -0.2) is 0 Å². The summed E-state index contributed by atoms with van der Waals surface area (Å²) in [6, 6.07) is 26.6. The zero-order valence-corrected chi connectivity index (χ0v) is 13.7. The summed E-state index contributed by atoms with van der Waals surface area (Å²) in [4.78, 5) is 23.9. The number of ether oxygens (including phenoxy) is 1. The quantitative estimate of drug-likeness (QED) is 0.499. The maximum absolute atomic E-state index is 11.9. The molecule has 0 atom stereocenters. The highest BCUT2D eigenvalue weighted by atomic mass is 16.5. The van der Waals surface area contributed by atoms with Crippen LogP contribution in [0.25, 0.3) is 11.1 Å². The van der Waals surface area contributed by atoms with Crippen LogP contribution in [0.15, 0.2) is 84.9 Å². The van der Waals surface area contributed by atoms with Gasteiger partial charge in [0.2, 0.25) is 0 Å². The van der Waals surface area contributed by atoms with Gasteiger partial charge in [-0.15, -0.1) is 0 Å². The Morgan fingerprint density at radius 3 is 1.88 bits per heavy atom. The monoisotopic (exact) mass is 330 g/mol. The first kappa shape index (κ1) is 16.7. The summed E-state index contributed by atoms with van der Waals surface area (Å²) in [7, 11) is 0. The van der Waals surface area contributed by atoms with Gasteiger partial charge in [-0.3, -0.25) is 9.59 Å². The summed E-state index contributed by atoms with van der Waals surface area (Å²) in [6.07, 6.45) is 0.150. The zero-order valence-electron chi connectivity index (χ0n) is 13.7. The van der Waals surface area contributed by atoms with E-state index in [-0.39, 0.29) is 18.8 Å². The molecule has 25 heavy (non-hydrogen) atoms. The molecule has 0 bridgehead atoms. The van der Waals surface area contributed by atoms with Gasteiger partial charge in [0.15, 0.2) is 12.4 Å². The fourth-order valence-electron chi connectivity index (χ4n) is 2.52. The predicted molar refractivity (Wildman–Crippen MR) is 97.3 cm³/mol. The van der Waals surface area contributed by atoms with Gasteiger partial charge in [0, 0.05) is 5.56 Å². The highest BCUT2D eigenvalue weighted by molar-refractivity contribution is 5.97. The Labute approximate surface area is 146 Å². The fraction of sp³-hybridized carbons (Fsp3) is 0.0909. The van der Waals surface area contributed by atoms with Crippen molar-refractivity contribution in [1.29, 1.82) is 0 Å². The molecule has 0 fully saturated rings. The second-order valence-corrected chi connectivity index (χ2v) is 5.69. The Morgan fingerprint density at radius 1 is 0.680 bits per heavy atom. The van der Waals surface area contributed by atoms with Crippen LogP contribution < -0.4 is 0 Å². The number of carbonyl (C=O) groups is 2. The summed E-state index contributed by atoms with van der Waals surface area (Å²) in [5, 5.41) is 0. The molecule has 0 aliphatic carbocycles. The second kappa shape index (κ2) is 8.06. The molecule has 0 saturated carbocycles. The van der Waals surface area contributed by atoms with Gasteiger partial charge >= 0.3 is 5.97 Å². The summed E-state index contributed by atoms with van der Waals surface area (Å²) in [6.45, 7) is -0.231. The SMILES string of the molecule is O=C(Cc1ccc(-c2ccccc2)cc1)OCC(=O)c1ccccc1. The van der Waals surface area contributed by atoms with E-state index in [2.05, 4.69) is 0 Å². The topological polar surface area (TPSA) is 43.4 Å². The summed E-state index contributed by atoms with van der Waals surface area (Å²) >= 11 is 0. The van der Waals surface area contributed by atoms with Crippen LogP contribution in [0.5, 0.6) is 0 Å². The van der Waals surface area contributed by atoms with E-state index in [0.29, 0.717) is 5.56 Å². The minimum Gasteiger partial charge on any atom is -0.457 e. The largest absolute Gasteiger partial charge is 0.457 e. The molecule has 0 amide bonds. The number of benzene rings is 3. The van der Waals surface area contributed by atoms with Crippen LogP contribution in [-0.4, -0.2) is 18.4 Å². The van der Waals surface area contributed by atoms with Crippen molar-refractivity contribution in [3.05, 3.63) is 96.1 Å². The average Bonchev–Trinajstić information content (AvgIpc) is 2.68. The van der Waals surface area contributed by atoms with E-state index in [4.69, 9.17) is 4.74 Å². The molecule has 124 valence electrons. The van der Waals surface area contributed by atoms with Crippen molar-refractivity contribution in [1.82, 2.24) is 0 Å². The summed E-state index contributed by atoms with van der Waals surface area (Å²) in [5.41, 5.74) is 3.63. The third-order valence-electron chi connectivity index (χ3n) is 3.87. The van der Waals surface area contributed by atoms with Gasteiger partial charge < -0.3 is 4.74 Å². The molecule has 0 aliphatic heterocycles. The first-order valence-electron chi connectivity index (χ1n) is 8.10. The van der Waals surface area contributed by atoms with Gasteiger partial charge in [0.05, 0.1) is 6.42 Å². The first-order valence-corrected chi connectivity index (χ1v) is 8.10. The second-order valence-electron chi connectivity index (χ2n) is 5.69. The Morgan fingerprint density at radius 2 is 1.24 bits per heavy atom. The number of carbonyl (C=O) groups excluding carboxylic acids is 2. The number of hydrogen-bond acceptors (Lipinski definition) is 3. The lowest BCUT2D eigenvalue weighted by Crippen LogP contribution is -2.15. The Hall–Kier alpha value is -3.20. The lowest BCUT2D eigenvalue weighted by atomic mass is 10.0. The van der Waals surface area contributed by atoms with Gasteiger partial charge in [-0.2, -0.15) is 0 Å². The minimum atomic E-state index is -0.406. The number of Topliss-reactive ketones (excluding diaryl/α,β-unsaturated/α-hetero) is 1. The van der Waals surface area contributed by atoms with Crippen LogP contribution in [-0.2, 0) is 16.0 Å². The molecule has 0 unspecified atom stereocenters. The highest BCUT2D eigenvalue weighted by Crippen LogP contribution is 2.19. The normalized spacial score (nSPS) is 10.2. The van der Waals surface area contributed by atoms with E-state index in [1.807, 2.05) is 60.7 Å². The van der Waals surface area contributed by atoms with Crippen LogP contribution in [0.1, 0.15) is 15.9 Å². The lowest BCUT2D eigenvalue weighted by molar-refractivity contribution is -0.141. The van der Waals surface area contributed by atoms with Gasteiger partial charge in [-0.05, 0) is 16.7 Å². The smallest absolute Gasteiger partial charge is 0.310 e. The molecule has 0 aromatic heterocycles. The van der Waals surface area contributed by atoms with Crippen molar-refractivity contribution < 1.29 is 14.3 Å². The van der Waals surface area contributed by atoms with Crippen molar-refractivity contribution in [3.63, 3.8) is 0 Å². The maximum Gasteiger partial charge on any atom is 0.310 e. The fourth-order valence-corrected chi connectivity index (χ4v) is 2.52. The predicted octanol–water partition coefficient (Wildman–Crippen LogP) is 4.32. The third-order valence-corrected chi connectivity index (χ3v) is 3.87. The molecule has 0 heterocycles. The molecule has 3 aromatic rings. The van der Waals surface area contributed by atoms with Gasteiger partial charge in [0.1, 0.15) is 0 Å². The lowest BCUT2D eigenvalue weighted by Gasteiger charge is -2.06. The molecule has 0 radical (unpaired) electrons. The molecule has 3 heteroatoms. The Kier molecular flexibility index (Phi) is 5.37. The number of ketones is 1. The van der Waals surface area contributed by atoms with Gasteiger partial charge in [-0.1, -0.05) is 84.9 Å². The molecule has 0 aliphatic rings. The van der Waals surface area contributed by atoms with Crippen molar-refractivity contribution in [3.8, 4) is 11.1 Å². The van der Waals surface area contributed by atoms with E-state index in [1.165, 1.54) is 0 Å². The standard InChI is InChI=1S/C22H18O3/c23-21(20-9-5-2-6-10-20)16-25-22(24)15-17-11-13-19(14-12-17)18-7-3-1-4-8-18/h1-14H,15-16H2. The van der Waals surface area contributed by atoms with Crippen LogP contribution in [0.4, 0.5) is 0 Å². The molecule has 3 aromatic carbocycles. The Bertz CT molecular complexity index is 837. The van der Waals surface area contributed by atoms with E-state index in [1.54, 1.807) is 24.3 Å². The Balaban J connectivity index is 1.54. The zero-order chi connectivity index (χ0) is 17.5. The van der Waals surface area contributed by atoms with Gasteiger partial charge in [0.25, 0.3) is 0 Å². The van der Waals surface area contributed by atoms with Crippen LogP contribution in [0, 0.1) is 0 Å². The van der Waals surface area contributed by atoms with E-state index >= 15 is 0 Å². The highest BCUT2D eigenvalue weighted by Gasteiger charge is 2.10. The molecule has 3 nitrogen and oxygen atoms in total. The van der Waals surface area contributed by atoms with Crippen LogP contribution >= 0.6 is 0 Å². The minimum absolute atomic E-state index is 0.150. The van der Waals surface area contributed by atoms with E-state index in [9.17, 15) is 9.59 Å². The van der Waals surface area contributed by atoms with Crippen molar-refractivity contribution >= 4 is 11.8 Å². The number of esters is 1. The maximum atomic E-state index is 11.9. The third kappa shape index (κ3) is 4.64. The molecule has 0 saturated heterocycles. The van der Waals surface area contributed by atoms with E-state index < -0.39 is 5.97 Å². The molecular formula is C22H18O3. The molecule has 0 spiro atoms. The number of hydrogen-bond donors (Lipinski definition) is 0. The van der Waals surface area contributed by atoms with Crippen LogP contribution in [0.2, 0.25) is 0 Å². The molecule has 3 rings (SSSR count). The average molecular weight is 330 g/mol. The summed E-state index contributed by atoms with van der Waals surface area (Å²) in [5.74, 6) is -0.606. The van der Waals surface area contributed by atoms with Crippen molar-refractivity contribution in [2.45, 2.75) is 6.42 Å². The first-order chi connectivity index (χ1) is 12.2. The summed E-state index contributed by atoms with van der Waals surface area (Å²) < 4.78 is 5.09. The van der Waals surface area contributed by atoms with Crippen molar-refractivity contribution in [2.75, 3.05) is 6.61 Å².